The standard InChI is InChI=1S/C51H85N3O39/c1-12(62)52-23-15(65)4-51(50(79)80,92-40(23)26(67)16(66)5-55)93-43-29(70)19(8-58)84-49(36(43)77)88-38-22(11-61)86-46(25(31(38)72)54-14(3)64)90-41-27(68)17(6-56)82-47(34(41)75)87-37-21(10-60)85-45(24(30(37)71)53-13(2)63)91-42-28(69)18(7-57)83-48(35(42)76)89-39-20(9-59)81-44(78)33(74)32(39)73/h15-49,55-61,65-78H,4-11H2,1-3H3,(H,52,62)(H,53,63)(H,54,64)(H,79,80)/t15-,16+,17+,18+,19+,20+,21+,22+,23+,24+,25+,26+,27-,28-,29-,30+,31+,32+,33+,34+,35+,36+,37-,38-,39+,40+,41-,42-,43-,44+,45-,46-,47-,48-,49-,51-/m0/s1. The molecule has 7 rings (SSSR count). The fraction of sp³-hybridized carbons (Fsp3) is 0.922. The number of rotatable bonds is 25. The van der Waals surface area contributed by atoms with Gasteiger partial charge in [0.1, 0.15) is 165 Å². The van der Waals surface area contributed by atoms with E-state index in [9.17, 15) is 132 Å². The Morgan fingerprint density at radius 2 is 0.753 bits per heavy atom. The molecule has 7 aliphatic heterocycles. The third-order valence-corrected chi connectivity index (χ3v) is 16.7. The number of carbonyl (C=O) groups excluding carboxylic acids is 3. The maximum atomic E-state index is 13.1. The van der Waals surface area contributed by atoms with E-state index in [-0.39, 0.29) is 0 Å². The van der Waals surface area contributed by atoms with Crippen LogP contribution in [-0.2, 0) is 80.8 Å². The molecule has 25 N–H and O–H groups in total. The molecule has 93 heavy (non-hydrogen) atoms. The highest BCUT2D eigenvalue weighted by atomic mass is 16.8. The Balaban J connectivity index is 1.10. The van der Waals surface area contributed by atoms with Crippen LogP contribution >= 0.6 is 0 Å². The number of carboxylic acid groups (broad SMARTS) is 1. The van der Waals surface area contributed by atoms with E-state index < -0.39 is 297 Å². The van der Waals surface area contributed by atoms with Crippen LogP contribution in [0.4, 0.5) is 0 Å². The Morgan fingerprint density at radius 1 is 0.419 bits per heavy atom. The van der Waals surface area contributed by atoms with Gasteiger partial charge in [-0.25, -0.2) is 4.79 Å². The first-order chi connectivity index (χ1) is 43.8. The summed E-state index contributed by atoms with van der Waals surface area (Å²) in [6, 6.07) is -5.50. The largest absolute Gasteiger partial charge is 0.477 e. The predicted octanol–water partition coefficient (Wildman–Crippen LogP) is -16.6. The second-order valence-electron chi connectivity index (χ2n) is 23.2. The van der Waals surface area contributed by atoms with Crippen molar-refractivity contribution in [3.05, 3.63) is 0 Å². The zero-order valence-corrected chi connectivity index (χ0v) is 49.6. The smallest absolute Gasteiger partial charge is 0.364 e. The lowest BCUT2D eigenvalue weighted by atomic mass is 9.88. The molecule has 0 radical (unpaired) electrons. The molecule has 3 amide bonds. The summed E-state index contributed by atoms with van der Waals surface area (Å²) in [6.07, 6.45) is -67.1. The molecule has 7 heterocycles. The van der Waals surface area contributed by atoms with Crippen LogP contribution in [0, 0.1) is 0 Å². The van der Waals surface area contributed by atoms with Crippen LogP contribution in [0.5, 0.6) is 0 Å². The maximum absolute atomic E-state index is 13.1. The number of carbonyl (C=O) groups is 4. The van der Waals surface area contributed by atoms with Gasteiger partial charge in [-0.05, 0) is 0 Å². The molecule has 42 nitrogen and oxygen atoms in total. The summed E-state index contributed by atoms with van der Waals surface area (Å²) in [7, 11) is 0. The van der Waals surface area contributed by atoms with Gasteiger partial charge in [0.15, 0.2) is 37.7 Å². The maximum Gasteiger partial charge on any atom is 0.364 e. The molecule has 42 heteroatoms. The fourth-order valence-corrected chi connectivity index (χ4v) is 11.9. The van der Waals surface area contributed by atoms with Crippen molar-refractivity contribution in [2.24, 2.45) is 0 Å². The molecule has 0 bridgehead atoms. The first kappa shape index (κ1) is 76.9. The highest BCUT2D eigenvalue weighted by molar-refractivity contribution is 5.77. The summed E-state index contributed by atoms with van der Waals surface area (Å²) >= 11 is 0. The van der Waals surface area contributed by atoms with Crippen molar-refractivity contribution >= 4 is 23.7 Å². The van der Waals surface area contributed by atoms with Crippen LogP contribution in [0.3, 0.4) is 0 Å². The van der Waals surface area contributed by atoms with Gasteiger partial charge in [-0.15, -0.1) is 0 Å². The molecule has 7 aliphatic rings. The van der Waals surface area contributed by atoms with E-state index in [1.165, 1.54) is 0 Å². The monoisotopic (exact) mass is 1360 g/mol. The minimum Gasteiger partial charge on any atom is -0.477 e. The lowest BCUT2D eigenvalue weighted by Crippen LogP contribution is -2.71. The highest BCUT2D eigenvalue weighted by Crippen LogP contribution is 2.41. The normalized spacial score (nSPS) is 47.2. The summed E-state index contributed by atoms with van der Waals surface area (Å²) in [5, 5.41) is 246. The second-order valence-corrected chi connectivity index (χ2v) is 23.2. The Morgan fingerprint density at radius 3 is 1.12 bits per heavy atom. The van der Waals surface area contributed by atoms with Crippen molar-refractivity contribution < 1.29 is 193 Å². The van der Waals surface area contributed by atoms with Crippen molar-refractivity contribution in [3.8, 4) is 0 Å². The van der Waals surface area contributed by atoms with Crippen LogP contribution < -0.4 is 16.0 Å². The first-order valence-electron chi connectivity index (χ1n) is 29.3. The zero-order valence-electron chi connectivity index (χ0n) is 49.6. The van der Waals surface area contributed by atoms with Gasteiger partial charge in [0.2, 0.25) is 17.7 Å². The molecule has 0 saturated carbocycles. The third kappa shape index (κ3) is 16.6. The number of carboxylic acids is 1. The van der Waals surface area contributed by atoms with Gasteiger partial charge in [-0.2, -0.15) is 0 Å². The number of amides is 3. The van der Waals surface area contributed by atoms with E-state index in [1.54, 1.807) is 0 Å². The van der Waals surface area contributed by atoms with E-state index in [1.807, 2.05) is 0 Å². The molecule has 0 unspecified atom stereocenters. The van der Waals surface area contributed by atoms with Gasteiger partial charge >= 0.3 is 5.97 Å². The minimum absolute atomic E-state index is 0.843. The minimum atomic E-state index is -3.23. The lowest BCUT2D eigenvalue weighted by molar-refractivity contribution is -0.391. The van der Waals surface area contributed by atoms with Crippen LogP contribution in [0.25, 0.3) is 0 Å². The molecule has 0 aliphatic carbocycles. The van der Waals surface area contributed by atoms with Gasteiger partial charge in [0.05, 0.1) is 58.4 Å². The van der Waals surface area contributed by atoms with E-state index in [0.29, 0.717) is 0 Å². The summed E-state index contributed by atoms with van der Waals surface area (Å²) in [6.45, 7) is -4.82. The summed E-state index contributed by atoms with van der Waals surface area (Å²) in [4.78, 5) is 50.7. The number of ether oxygens (including phenoxy) is 13. The van der Waals surface area contributed by atoms with Crippen molar-refractivity contribution in [1.29, 1.82) is 0 Å². The number of aliphatic hydroxyl groups excluding tert-OH is 21. The van der Waals surface area contributed by atoms with E-state index in [4.69, 9.17) is 61.6 Å². The summed E-state index contributed by atoms with van der Waals surface area (Å²) in [5.41, 5.74) is 0. The average Bonchev–Trinajstić information content (AvgIpc) is 0.888. The van der Waals surface area contributed by atoms with Crippen LogP contribution in [0.2, 0.25) is 0 Å². The molecule has 0 aromatic rings. The van der Waals surface area contributed by atoms with E-state index in [2.05, 4.69) is 16.0 Å². The number of hydrogen-bond acceptors (Lipinski definition) is 38. The van der Waals surface area contributed by atoms with Gasteiger partial charge < -0.3 is 190 Å². The molecule has 0 aromatic carbocycles. The van der Waals surface area contributed by atoms with Crippen LogP contribution in [0.15, 0.2) is 0 Å². The predicted molar refractivity (Wildman–Crippen MR) is 284 cm³/mol. The topological polar surface area (TPSA) is 669 Å². The quantitative estimate of drug-likeness (QED) is 0.0404. The fourth-order valence-electron chi connectivity index (χ4n) is 11.9. The molecule has 36 atom stereocenters. The molecular formula is C51H85N3O39. The van der Waals surface area contributed by atoms with Gasteiger partial charge in [-0.3, -0.25) is 14.4 Å². The highest BCUT2D eigenvalue weighted by Gasteiger charge is 2.62. The van der Waals surface area contributed by atoms with Crippen molar-refractivity contribution in [1.82, 2.24) is 16.0 Å². The second kappa shape index (κ2) is 32.9. The Bertz CT molecular complexity index is 2420. The Labute approximate surface area is 525 Å². The average molecular weight is 1360 g/mol. The number of aliphatic carboxylic acids is 1. The van der Waals surface area contributed by atoms with Gasteiger partial charge in [0, 0.05) is 27.2 Å². The van der Waals surface area contributed by atoms with Crippen molar-refractivity contribution in [2.45, 2.75) is 248 Å². The van der Waals surface area contributed by atoms with Crippen LogP contribution in [0.1, 0.15) is 27.2 Å². The number of aliphatic hydroxyl groups is 21. The third-order valence-electron chi connectivity index (χ3n) is 16.7. The number of nitrogens with one attached hydrogen (secondary N) is 3. The Hall–Kier alpha value is -3.48. The molecule has 7 fully saturated rings. The van der Waals surface area contributed by atoms with Crippen molar-refractivity contribution in [3.63, 3.8) is 0 Å². The molecule has 7 saturated heterocycles. The molecule has 538 valence electrons. The number of hydrogen-bond donors (Lipinski definition) is 25. The summed E-state index contributed by atoms with van der Waals surface area (Å²) in [5.74, 6) is -8.04. The summed E-state index contributed by atoms with van der Waals surface area (Å²) < 4.78 is 74.5. The van der Waals surface area contributed by atoms with Gasteiger partial charge in [0.25, 0.3) is 5.79 Å². The van der Waals surface area contributed by atoms with Crippen molar-refractivity contribution in [2.75, 3.05) is 46.2 Å². The van der Waals surface area contributed by atoms with Crippen LogP contribution in [-0.4, -0.2) is 403 Å². The van der Waals surface area contributed by atoms with E-state index in [0.717, 1.165) is 20.8 Å². The van der Waals surface area contributed by atoms with E-state index >= 15 is 0 Å². The SMILES string of the molecule is CC(=O)N[C@H]1[C@H](O[C@H]2[C@@H](O)[C@@H](CO)O[C@@H](O[C@@H]3[C@H](O)[C@@H](NC(C)=O)[C@H](O[C@H]4[C@@H](O)[C@@H](CO)O[C@@H](O[C@H]5[C@H](O)[C@@H](O)[C@H](O)O[C@@H]5CO)[C@@H]4O)O[C@@H]3CO)[C@@H]2O)O[C@H](CO)[C@H](O[C@@H]2O[C@H](CO)[C@H](O)[C@H](O[C@]3(C(=O)O)C[C@H](O)[C@@H](NC(C)=O)[C@H]([C@H](O)[C@H](O)CO)O3)[C@H]2O)[C@@H]1O. The zero-order chi connectivity index (χ0) is 69.0. The molecular weight excluding hydrogens is 1280 g/mol. The Kier molecular flexibility index (Phi) is 27.2. The lowest BCUT2D eigenvalue weighted by Gasteiger charge is -2.51. The first-order valence-corrected chi connectivity index (χ1v) is 29.3. The van der Waals surface area contributed by atoms with Gasteiger partial charge in [-0.1, -0.05) is 0 Å². The molecule has 0 spiro atoms. The molecule has 0 aromatic heterocycles.